The molecule has 3 rings (SSSR count). The highest BCUT2D eigenvalue weighted by atomic mass is 16.5. The molecule has 2 aromatic rings. The maximum Gasteiger partial charge on any atom is 0.255 e. The molecule has 36 heavy (non-hydrogen) atoms. The Morgan fingerprint density at radius 3 is 2.53 bits per heavy atom. The van der Waals surface area contributed by atoms with Gasteiger partial charge in [-0.3, -0.25) is 19.2 Å². The number of hydrogen-bond donors (Lipinski definition) is 2. The van der Waals surface area contributed by atoms with Gasteiger partial charge in [-0.05, 0) is 37.5 Å². The maximum atomic E-state index is 13.1. The van der Waals surface area contributed by atoms with Gasteiger partial charge >= 0.3 is 0 Å². The predicted molar refractivity (Wildman–Crippen MR) is 135 cm³/mol. The molecular formula is C27H34N4O5. The molecule has 4 amide bonds. The lowest BCUT2D eigenvalue weighted by molar-refractivity contribution is -0.140. The van der Waals surface area contributed by atoms with E-state index in [0.29, 0.717) is 31.8 Å². The molecule has 1 aliphatic heterocycles. The Kier molecular flexibility index (Phi) is 9.85. The quantitative estimate of drug-likeness (QED) is 0.594. The number of rotatable bonds is 6. The van der Waals surface area contributed by atoms with E-state index in [2.05, 4.69) is 10.6 Å². The Labute approximate surface area is 211 Å². The molecule has 0 spiro atoms. The van der Waals surface area contributed by atoms with Crippen molar-refractivity contribution in [1.82, 2.24) is 20.4 Å². The predicted octanol–water partition coefficient (Wildman–Crippen LogP) is 1.62. The monoisotopic (exact) mass is 494 g/mol. The van der Waals surface area contributed by atoms with Gasteiger partial charge in [0.1, 0.15) is 18.4 Å². The van der Waals surface area contributed by atoms with Crippen molar-refractivity contribution in [2.24, 2.45) is 0 Å². The molecule has 0 saturated carbocycles. The molecule has 0 aromatic heterocycles. The van der Waals surface area contributed by atoms with Gasteiger partial charge in [0, 0.05) is 20.1 Å². The van der Waals surface area contributed by atoms with Crippen molar-refractivity contribution in [3.8, 4) is 5.75 Å². The summed E-state index contributed by atoms with van der Waals surface area (Å²) >= 11 is 0. The normalized spacial score (nSPS) is 17.5. The number of likely N-dealkylation sites (N-methyl/N-ethyl adjacent to an activating group) is 2. The zero-order valence-corrected chi connectivity index (χ0v) is 20.9. The number of carbonyl (C=O) groups is 4. The van der Waals surface area contributed by atoms with Crippen LogP contribution >= 0.6 is 0 Å². The van der Waals surface area contributed by atoms with Crippen LogP contribution in [-0.2, 0) is 20.8 Å². The molecule has 192 valence electrons. The Morgan fingerprint density at radius 2 is 1.78 bits per heavy atom. The van der Waals surface area contributed by atoms with Crippen LogP contribution in [-0.4, -0.2) is 79.3 Å². The topological polar surface area (TPSA) is 108 Å². The first-order valence-electron chi connectivity index (χ1n) is 12.2. The van der Waals surface area contributed by atoms with Gasteiger partial charge in [-0.15, -0.1) is 0 Å². The molecule has 1 atom stereocenters. The molecule has 0 bridgehead atoms. The molecule has 2 N–H and O–H groups in total. The van der Waals surface area contributed by atoms with E-state index < -0.39 is 23.8 Å². The second-order valence-corrected chi connectivity index (χ2v) is 8.68. The van der Waals surface area contributed by atoms with E-state index in [9.17, 15) is 19.2 Å². The van der Waals surface area contributed by atoms with Crippen LogP contribution in [0, 0.1) is 0 Å². The molecule has 0 radical (unpaired) electrons. The summed E-state index contributed by atoms with van der Waals surface area (Å²) < 4.78 is 5.81. The average Bonchev–Trinajstić information content (AvgIpc) is 2.88. The molecule has 0 fully saturated rings. The Bertz CT molecular complexity index is 1060. The number of amides is 4. The van der Waals surface area contributed by atoms with Crippen LogP contribution in [0.2, 0.25) is 0 Å². The van der Waals surface area contributed by atoms with E-state index in [4.69, 9.17) is 4.74 Å². The Morgan fingerprint density at radius 1 is 1.06 bits per heavy atom. The maximum absolute atomic E-state index is 13.1. The number of fused-ring (bicyclic) bond motifs is 1. The van der Waals surface area contributed by atoms with Crippen molar-refractivity contribution in [2.75, 3.05) is 39.8 Å². The van der Waals surface area contributed by atoms with Crippen LogP contribution < -0.4 is 15.4 Å². The number of para-hydroxylation sites is 1. The van der Waals surface area contributed by atoms with E-state index in [1.54, 1.807) is 29.2 Å². The lowest BCUT2D eigenvalue weighted by Gasteiger charge is -2.27. The number of ether oxygens (including phenoxy) is 1. The third-order valence-electron chi connectivity index (χ3n) is 6.07. The smallest absolute Gasteiger partial charge is 0.255 e. The van der Waals surface area contributed by atoms with E-state index in [0.717, 1.165) is 12.0 Å². The highest BCUT2D eigenvalue weighted by Crippen LogP contribution is 2.18. The van der Waals surface area contributed by atoms with Crippen LogP contribution in [0.15, 0.2) is 54.6 Å². The molecule has 0 saturated heterocycles. The zero-order valence-electron chi connectivity index (χ0n) is 20.9. The average molecular weight is 495 g/mol. The zero-order chi connectivity index (χ0) is 25.9. The summed E-state index contributed by atoms with van der Waals surface area (Å²) in [7, 11) is 1.52. The van der Waals surface area contributed by atoms with Crippen LogP contribution in [0.1, 0.15) is 35.7 Å². The van der Waals surface area contributed by atoms with Crippen LogP contribution in [0.3, 0.4) is 0 Å². The summed E-state index contributed by atoms with van der Waals surface area (Å²) in [6, 6.07) is 15.5. The lowest BCUT2D eigenvalue weighted by atomic mass is 10.1. The molecule has 9 nitrogen and oxygen atoms in total. The van der Waals surface area contributed by atoms with Crippen LogP contribution in [0.5, 0.6) is 5.75 Å². The van der Waals surface area contributed by atoms with Crippen molar-refractivity contribution >= 4 is 23.6 Å². The largest absolute Gasteiger partial charge is 0.491 e. The highest BCUT2D eigenvalue weighted by molar-refractivity contribution is 6.00. The van der Waals surface area contributed by atoms with Crippen molar-refractivity contribution < 1.29 is 23.9 Å². The second-order valence-electron chi connectivity index (χ2n) is 8.68. The minimum absolute atomic E-state index is 0.122. The van der Waals surface area contributed by atoms with Crippen LogP contribution in [0.25, 0.3) is 0 Å². The van der Waals surface area contributed by atoms with Crippen molar-refractivity contribution in [1.29, 1.82) is 0 Å². The first kappa shape index (κ1) is 26.7. The third kappa shape index (κ3) is 7.56. The van der Waals surface area contributed by atoms with Gasteiger partial charge in [0.15, 0.2) is 0 Å². The molecule has 0 aliphatic carbocycles. The summed E-state index contributed by atoms with van der Waals surface area (Å²) in [5, 5.41) is 5.52. The first-order valence-corrected chi connectivity index (χ1v) is 12.2. The second kappa shape index (κ2) is 13.3. The number of aryl methyl sites for hydroxylation is 1. The lowest BCUT2D eigenvalue weighted by Crippen LogP contribution is -2.50. The SMILES string of the molecule is CCN1CCOc2ccccc2C(=O)N[C@H](C(=O)NCCCc2ccccc2)CC(=O)N(C)CC1=O. The fourth-order valence-electron chi connectivity index (χ4n) is 3.94. The van der Waals surface area contributed by atoms with E-state index in [1.807, 2.05) is 37.3 Å². The summed E-state index contributed by atoms with van der Waals surface area (Å²) in [6.07, 6.45) is 1.23. The molecule has 1 aliphatic rings. The van der Waals surface area contributed by atoms with Crippen molar-refractivity contribution in [2.45, 2.75) is 32.2 Å². The molecular weight excluding hydrogens is 460 g/mol. The number of carbonyl (C=O) groups excluding carboxylic acids is 4. The van der Waals surface area contributed by atoms with E-state index in [1.165, 1.54) is 11.9 Å². The molecule has 2 aromatic carbocycles. The molecule has 9 heteroatoms. The van der Waals surface area contributed by atoms with Gasteiger partial charge in [-0.1, -0.05) is 42.5 Å². The van der Waals surface area contributed by atoms with E-state index in [-0.39, 0.29) is 31.0 Å². The summed E-state index contributed by atoms with van der Waals surface area (Å²) in [5.74, 6) is -1.24. The molecule has 1 heterocycles. The van der Waals surface area contributed by atoms with Crippen LogP contribution in [0.4, 0.5) is 0 Å². The van der Waals surface area contributed by atoms with Gasteiger partial charge in [0.05, 0.1) is 25.1 Å². The van der Waals surface area contributed by atoms with Gasteiger partial charge in [0.25, 0.3) is 5.91 Å². The van der Waals surface area contributed by atoms with Gasteiger partial charge in [-0.25, -0.2) is 0 Å². The Balaban J connectivity index is 1.75. The van der Waals surface area contributed by atoms with Gasteiger partial charge in [-0.2, -0.15) is 0 Å². The minimum atomic E-state index is -1.10. The summed E-state index contributed by atoms with van der Waals surface area (Å²) in [6.45, 7) is 3.09. The van der Waals surface area contributed by atoms with Gasteiger partial charge in [0.2, 0.25) is 17.7 Å². The minimum Gasteiger partial charge on any atom is -0.491 e. The van der Waals surface area contributed by atoms with E-state index >= 15 is 0 Å². The fraction of sp³-hybridized carbons (Fsp3) is 0.407. The third-order valence-corrected chi connectivity index (χ3v) is 6.07. The number of hydrogen-bond acceptors (Lipinski definition) is 5. The molecule has 0 unspecified atom stereocenters. The number of nitrogens with zero attached hydrogens (tertiary/aromatic N) is 2. The standard InChI is InChI=1S/C27H34N4O5/c1-3-31-16-17-36-23-14-8-7-13-21(23)26(34)29-22(18-24(32)30(2)19-25(31)33)27(35)28-15-9-12-20-10-5-4-6-11-20/h4-8,10-11,13-14,22H,3,9,12,15-19H2,1-2H3,(H,28,35)(H,29,34)/t22-/m0/s1. The first-order chi connectivity index (χ1) is 17.4. The summed E-state index contributed by atoms with van der Waals surface area (Å²) in [5.41, 5.74) is 1.42. The number of nitrogens with one attached hydrogen (secondary N) is 2. The summed E-state index contributed by atoms with van der Waals surface area (Å²) in [4.78, 5) is 54.6. The highest BCUT2D eigenvalue weighted by Gasteiger charge is 2.28. The Hall–Kier alpha value is -3.88. The number of benzene rings is 2. The fourth-order valence-corrected chi connectivity index (χ4v) is 3.94. The van der Waals surface area contributed by atoms with Crippen molar-refractivity contribution in [3.63, 3.8) is 0 Å². The van der Waals surface area contributed by atoms with Gasteiger partial charge < -0.3 is 25.2 Å². The van der Waals surface area contributed by atoms with Crippen molar-refractivity contribution in [3.05, 3.63) is 65.7 Å².